The zero-order chi connectivity index (χ0) is 23.4. The number of benzene rings is 1. The van der Waals surface area contributed by atoms with E-state index in [0.717, 1.165) is 23.4 Å². The van der Waals surface area contributed by atoms with Crippen LogP contribution in [-0.2, 0) is 6.18 Å². The summed E-state index contributed by atoms with van der Waals surface area (Å²) in [6.45, 7) is 1.86. The fourth-order valence-electron chi connectivity index (χ4n) is 2.97. The summed E-state index contributed by atoms with van der Waals surface area (Å²) in [6.07, 6.45) is 2.13. The Morgan fingerprint density at radius 3 is 2.58 bits per heavy atom. The molecule has 3 heterocycles. The molecule has 0 unspecified atom stereocenters. The normalized spacial score (nSPS) is 11.2. The van der Waals surface area contributed by atoms with Crippen molar-refractivity contribution in [3.8, 4) is 11.3 Å². The van der Waals surface area contributed by atoms with Gasteiger partial charge in [0.25, 0.3) is 5.91 Å². The van der Waals surface area contributed by atoms with Gasteiger partial charge in [0, 0.05) is 47.9 Å². The Hall–Kier alpha value is -4.34. The van der Waals surface area contributed by atoms with Gasteiger partial charge in [-0.2, -0.15) is 13.2 Å². The number of halogens is 3. The van der Waals surface area contributed by atoms with Gasteiger partial charge in [-0.15, -0.1) is 0 Å². The molecule has 0 spiro atoms. The second-order valence-corrected chi connectivity index (χ2v) is 7.08. The molecule has 7 nitrogen and oxygen atoms in total. The molecule has 0 saturated heterocycles. The minimum absolute atomic E-state index is 0.201. The fourth-order valence-corrected chi connectivity index (χ4v) is 2.97. The molecule has 4 rings (SSSR count). The topological polar surface area (TPSA) is 92.7 Å². The van der Waals surface area contributed by atoms with E-state index in [0.29, 0.717) is 29.2 Å². The fraction of sp³-hybridized carbons (Fsp3) is 0.0870. The molecular weight excluding hydrogens is 433 g/mol. The number of nitrogens with one attached hydrogen (secondary N) is 2. The summed E-state index contributed by atoms with van der Waals surface area (Å²) in [5.74, 6) is -0.372. The number of nitrogens with zero attached hydrogens (tertiary/aromatic N) is 4. The first-order valence-corrected chi connectivity index (χ1v) is 9.74. The molecule has 1 aromatic carbocycles. The van der Waals surface area contributed by atoms with Gasteiger partial charge in [-0.3, -0.25) is 14.8 Å². The maximum absolute atomic E-state index is 12.9. The Balaban J connectivity index is 1.54. The smallest absolute Gasteiger partial charge is 0.324 e. The van der Waals surface area contributed by atoms with E-state index < -0.39 is 17.6 Å². The molecule has 0 saturated carbocycles. The highest BCUT2D eigenvalue weighted by molar-refractivity contribution is 6.04. The standard InChI is InChI=1S/C23H17F3N6O/c1-14-4-5-18(30-21(33)16-9-17(13-28-12-16)23(24,25)26)10-20(14)32-22-29-8-6-19(31-22)15-3-2-7-27-11-15/h2-13H,1H3,(H,30,33)(H,29,31,32). The Bertz CT molecular complexity index is 1290. The summed E-state index contributed by atoms with van der Waals surface area (Å²) in [4.78, 5) is 28.8. The van der Waals surface area contributed by atoms with E-state index in [1.807, 2.05) is 13.0 Å². The number of rotatable bonds is 5. The monoisotopic (exact) mass is 450 g/mol. The van der Waals surface area contributed by atoms with Gasteiger partial charge in [0.15, 0.2) is 0 Å². The zero-order valence-electron chi connectivity index (χ0n) is 17.3. The lowest BCUT2D eigenvalue weighted by Crippen LogP contribution is -2.14. The lowest BCUT2D eigenvalue weighted by Gasteiger charge is -2.12. The van der Waals surface area contributed by atoms with Crippen molar-refractivity contribution in [3.05, 3.63) is 90.1 Å². The minimum Gasteiger partial charge on any atom is -0.324 e. The van der Waals surface area contributed by atoms with Crippen LogP contribution in [0.1, 0.15) is 21.5 Å². The summed E-state index contributed by atoms with van der Waals surface area (Å²) in [5.41, 5.74) is 2.17. The van der Waals surface area contributed by atoms with Crippen molar-refractivity contribution in [1.82, 2.24) is 19.9 Å². The van der Waals surface area contributed by atoms with Gasteiger partial charge in [0.1, 0.15) is 0 Å². The number of aromatic nitrogens is 4. The van der Waals surface area contributed by atoms with Crippen molar-refractivity contribution in [3.63, 3.8) is 0 Å². The lowest BCUT2D eigenvalue weighted by atomic mass is 10.1. The number of hydrogen-bond donors (Lipinski definition) is 2. The van der Waals surface area contributed by atoms with Gasteiger partial charge >= 0.3 is 6.18 Å². The number of amides is 1. The summed E-state index contributed by atoms with van der Waals surface area (Å²) in [7, 11) is 0. The van der Waals surface area contributed by atoms with Gasteiger partial charge in [-0.25, -0.2) is 9.97 Å². The van der Waals surface area contributed by atoms with Crippen molar-refractivity contribution >= 4 is 23.2 Å². The SMILES string of the molecule is Cc1ccc(NC(=O)c2cncc(C(F)(F)F)c2)cc1Nc1nccc(-c2cccnc2)n1. The number of pyridine rings is 2. The molecule has 2 N–H and O–H groups in total. The first-order chi connectivity index (χ1) is 15.8. The largest absolute Gasteiger partial charge is 0.417 e. The van der Waals surface area contributed by atoms with Crippen LogP contribution in [0, 0.1) is 6.92 Å². The lowest BCUT2D eigenvalue weighted by molar-refractivity contribution is -0.137. The van der Waals surface area contributed by atoms with Crippen LogP contribution < -0.4 is 10.6 Å². The summed E-state index contributed by atoms with van der Waals surface area (Å²) in [6, 6.07) is 11.3. The second kappa shape index (κ2) is 9.03. The average molecular weight is 450 g/mol. The molecule has 0 aliphatic heterocycles. The van der Waals surface area contributed by atoms with Crippen LogP contribution in [0.2, 0.25) is 0 Å². The third-order valence-electron chi connectivity index (χ3n) is 4.68. The van der Waals surface area contributed by atoms with E-state index >= 15 is 0 Å². The molecular formula is C23H17F3N6O. The van der Waals surface area contributed by atoms with E-state index in [4.69, 9.17) is 0 Å². The van der Waals surface area contributed by atoms with Crippen LogP contribution in [0.5, 0.6) is 0 Å². The predicted molar refractivity (Wildman–Crippen MR) is 117 cm³/mol. The predicted octanol–water partition coefficient (Wildman–Crippen LogP) is 5.26. The molecule has 0 fully saturated rings. The number of carbonyl (C=O) groups is 1. The summed E-state index contributed by atoms with van der Waals surface area (Å²) >= 11 is 0. The maximum Gasteiger partial charge on any atom is 0.417 e. The highest BCUT2D eigenvalue weighted by atomic mass is 19.4. The Morgan fingerprint density at radius 2 is 1.82 bits per heavy atom. The Morgan fingerprint density at radius 1 is 0.970 bits per heavy atom. The number of anilines is 3. The highest BCUT2D eigenvalue weighted by Gasteiger charge is 2.31. The van der Waals surface area contributed by atoms with Gasteiger partial charge in [0.2, 0.25) is 5.95 Å². The quantitative estimate of drug-likeness (QED) is 0.431. The van der Waals surface area contributed by atoms with Crippen molar-refractivity contribution in [1.29, 1.82) is 0 Å². The van der Waals surface area contributed by atoms with Crippen molar-refractivity contribution in [2.75, 3.05) is 10.6 Å². The third kappa shape index (κ3) is 5.29. The van der Waals surface area contributed by atoms with E-state index in [1.165, 1.54) is 0 Å². The molecule has 0 aliphatic carbocycles. The molecule has 0 atom stereocenters. The first kappa shape index (κ1) is 21.9. The zero-order valence-corrected chi connectivity index (χ0v) is 17.3. The molecule has 10 heteroatoms. The van der Waals surface area contributed by atoms with Crippen LogP contribution in [0.25, 0.3) is 11.3 Å². The van der Waals surface area contributed by atoms with Gasteiger partial charge in [-0.05, 0) is 48.9 Å². The molecule has 3 aromatic heterocycles. The van der Waals surface area contributed by atoms with Crippen LogP contribution in [0.3, 0.4) is 0 Å². The summed E-state index contributed by atoms with van der Waals surface area (Å²) in [5, 5.41) is 5.70. The second-order valence-electron chi connectivity index (χ2n) is 7.08. The van der Waals surface area contributed by atoms with E-state index in [-0.39, 0.29) is 5.56 Å². The van der Waals surface area contributed by atoms with Crippen LogP contribution in [0.15, 0.2) is 73.4 Å². The molecule has 1 amide bonds. The van der Waals surface area contributed by atoms with Crippen molar-refractivity contribution in [2.24, 2.45) is 0 Å². The number of aryl methyl sites for hydroxylation is 1. The number of hydrogen-bond acceptors (Lipinski definition) is 6. The highest BCUT2D eigenvalue weighted by Crippen LogP contribution is 2.29. The molecule has 0 radical (unpaired) electrons. The molecule has 33 heavy (non-hydrogen) atoms. The van der Waals surface area contributed by atoms with E-state index in [1.54, 1.807) is 48.9 Å². The van der Waals surface area contributed by atoms with Gasteiger partial charge in [0.05, 0.1) is 16.8 Å². The number of carbonyl (C=O) groups excluding carboxylic acids is 1. The van der Waals surface area contributed by atoms with Crippen molar-refractivity contribution < 1.29 is 18.0 Å². The number of alkyl halides is 3. The Kier molecular flexibility index (Phi) is 5.99. The molecule has 0 bridgehead atoms. The van der Waals surface area contributed by atoms with E-state index in [2.05, 4.69) is 30.6 Å². The summed E-state index contributed by atoms with van der Waals surface area (Å²) < 4.78 is 38.7. The van der Waals surface area contributed by atoms with Gasteiger partial charge < -0.3 is 10.6 Å². The van der Waals surface area contributed by atoms with Crippen LogP contribution in [0.4, 0.5) is 30.5 Å². The average Bonchev–Trinajstić information content (AvgIpc) is 2.81. The Labute approximate surface area is 186 Å². The van der Waals surface area contributed by atoms with Crippen LogP contribution >= 0.6 is 0 Å². The van der Waals surface area contributed by atoms with Gasteiger partial charge in [-0.1, -0.05) is 6.07 Å². The van der Waals surface area contributed by atoms with Crippen LogP contribution in [-0.4, -0.2) is 25.8 Å². The van der Waals surface area contributed by atoms with E-state index in [9.17, 15) is 18.0 Å². The maximum atomic E-state index is 12.9. The first-order valence-electron chi connectivity index (χ1n) is 9.74. The molecule has 4 aromatic rings. The molecule has 0 aliphatic rings. The van der Waals surface area contributed by atoms with Crippen molar-refractivity contribution in [2.45, 2.75) is 13.1 Å². The molecule has 166 valence electrons. The minimum atomic E-state index is -4.59. The third-order valence-corrected chi connectivity index (χ3v) is 4.68.